The standard InChI is InChI=1S/C13H18ClNO/c1-10-3-2-4-12(14)13(10)15-9-11-5-7-16-8-6-11/h2-4,11,15H,5-9H2,1H3. The summed E-state index contributed by atoms with van der Waals surface area (Å²) in [5.41, 5.74) is 2.29. The zero-order valence-electron chi connectivity index (χ0n) is 9.63. The van der Waals surface area contributed by atoms with Gasteiger partial charge in [0, 0.05) is 19.8 Å². The molecule has 0 aliphatic carbocycles. The monoisotopic (exact) mass is 239 g/mol. The molecule has 0 atom stereocenters. The summed E-state index contributed by atoms with van der Waals surface area (Å²) in [5, 5.41) is 4.28. The third kappa shape index (κ3) is 2.89. The van der Waals surface area contributed by atoms with Crippen LogP contribution in [0.2, 0.25) is 5.02 Å². The van der Waals surface area contributed by atoms with Crippen molar-refractivity contribution >= 4 is 17.3 Å². The predicted octanol–water partition coefficient (Wildman–Crippen LogP) is 3.49. The fraction of sp³-hybridized carbons (Fsp3) is 0.538. The molecule has 1 aliphatic heterocycles. The quantitative estimate of drug-likeness (QED) is 0.872. The first-order valence-corrected chi connectivity index (χ1v) is 6.22. The third-order valence-electron chi connectivity index (χ3n) is 3.13. The molecule has 1 saturated heterocycles. The third-order valence-corrected chi connectivity index (χ3v) is 3.45. The Morgan fingerprint density at radius 1 is 1.38 bits per heavy atom. The van der Waals surface area contributed by atoms with Crippen LogP contribution >= 0.6 is 11.6 Å². The van der Waals surface area contributed by atoms with Crippen molar-refractivity contribution in [2.45, 2.75) is 19.8 Å². The molecule has 0 radical (unpaired) electrons. The molecule has 1 aromatic carbocycles. The van der Waals surface area contributed by atoms with Crippen molar-refractivity contribution in [3.8, 4) is 0 Å². The summed E-state index contributed by atoms with van der Waals surface area (Å²) in [5.74, 6) is 0.712. The van der Waals surface area contributed by atoms with Crippen molar-refractivity contribution in [3.05, 3.63) is 28.8 Å². The van der Waals surface area contributed by atoms with Crippen LogP contribution < -0.4 is 5.32 Å². The van der Waals surface area contributed by atoms with Crippen LogP contribution in [0.5, 0.6) is 0 Å². The van der Waals surface area contributed by atoms with Crippen LogP contribution in [0.25, 0.3) is 0 Å². The summed E-state index contributed by atoms with van der Waals surface area (Å²) in [6, 6.07) is 6.00. The van der Waals surface area contributed by atoms with E-state index in [2.05, 4.69) is 18.3 Å². The Morgan fingerprint density at radius 2 is 2.12 bits per heavy atom. The Labute approximate surface area is 102 Å². The van der Waals surface area contributed by atoms with Gasteiger partial charge >= 0.3 is 0 Å². The molecule has 0 saturated carbocycles. The van der Waals surface area contributed by atoms with Gasteiger partial charge in [0.05, 0.1) is 10.7 Å². The molecule has 0 aromatic heterocycles. The molecule has 2 nitrogen and oxygen atoms in total. The largest absolute Gasteiger partial charge is 0.383 e. The van der Waals surface area contributed by atoms with Crippen molar-refractivity contribution in [2.24, 2.45) is 5.92 Å². The van der Waals surface area contributed by atoms with Crippen LogP contribution in [-0.4, -0.2) is 19.8 Å². The van der Waals surface area contributed by atoms with E-state index >= 15 is 0 Å². The lowest BCUT2D eigenvalue weighted by atomic mass is 10.0. The van der Waals surface area contributed by atoms with Crippen LogP contribution in [0.1, 0.15) is 18.4 Å². The van der Waals surface area contributed by atoms with E-state index in [0.717, 1.165) is 43.3 Å². The summed E-state index contributed by atoms with van der Waals surface area (Å²) in [6.45, 7) is 4.87. The molecule has 1 aliphatic rings. The van der Waals surface area contributed by atoms with Crippen LogP contribution in [0.3, 0.4) is 0 Å². The number of hydrogen-bond acceptors (Lipinski definition) is 2. The molecule has 1 heterocycles. The number of para-hydroxylation sites is 1. The molecule has 3 heteroatoms. The van der Waals surface area contributed by atoms with Gasteiger partial charge in [0.1, 0.15) is 0 Å². The fourth-order valence-electron chi connectivity index (χ4n) is 2.05. The highest BCUT2D eigenvalue weighted by Gasteiger charge is 2.14. The Hall–Kier alpha value is -0.730. The molecule has 2 rings (SSSR count). The zero-order chi connectivity index (χ0) is 11.4. The normalized spacial score (nSPS) is 17.4. The number of rotatable bonds is 3. The van der Waals surface area contributed by atoms with Crippen molar-refractivity contribution in [1.82, 2.24) is 0 Å². The van der Waals surface area contributed by atoms with Gasteiger partial charge in [0.15, 0.2) is 0 Å². The molecule has 1 aromatic rings. The van der Waals surface area contributed by atoms with E-state index < -0.39 is 0 Å². The first kappa shape index (κ1) is 11.7. The number of halogens is 1. The van der Waals surface area contributed by atoms with Gasteiger partial charge < -0.3 is 10.1 Å². The maximum atomic E-state index is 6.16. The van der Waals surface area contributed by atoms with E-state index in [4.69, 9.17) is 16.3 Å². The summed E-state index contributed by atoms with van der Waals surface area (Å²) < 4.78 is 5.35. The highest BCUT2D eigenvalue weighted by Crippen LogP contribution is 2.26. The van der Waals surface area contributed by atoms with Crippen LogP contribution in [0, 0.1) is 12.8 Å². The molecule has 0 bridgehead atoms. The van der Waals surface area contributed by atoms with Gasteiger partial charge in [-0.25, -0.2) is 0 Å². The van der Waals surface area contributed by atoms with E-state index in [1.54, 1.807) is 0 Å². The van der Waals surface area contributed by atoms with E-state index in [-0.39, 0.29) is 0 Å². The van der Waals surface area contributed by atoms with Crippen molar-refractivity contribution in [3.63, 3.8) is 0 Å². The van der Waals surface area contributed by atoms with Gasteiger partial charge in [0.25, 0.3) is 0 Å². The molecule has 88 valence electrons. The number of nitrogens with one attached hydrogen (secondary N) is 1. The average Bonchev–Trinajstić information content (AvgIpc) is 2.30. The maximum Gasteiger partial charge on any atom is 0.0640 e. The number of hydrogen-bond donors (Lipinski definition) is 1. The second-order valence-electron chi connectivity index (χ2n) is 4.37. The summed E-state index contributed by atoms with van der Waals surface area (Å²) >= 11 is 6.16. The molecule has 0 spiro atoms. The second kappa shape index (κ2) is 5.55. The lowest BCUT2D eigenvalue weighted by Crippen LogP contribution is -2.22. The average molecular weight is 240 g/mol. The van der Waals surface area contributed by atoms with Crippen LogP contribution in [0.4, 0.5) is 5.69 Å². The summed E-state index contributed by atoms with van der Waals surface area (Å²) in [7, 11) is 0. The van der Waals surface area contributed by atoms with Crippen LogP contribution in [-0.2, 0) is 4.74 Å². The Balaban J connectivity index is 1.93. The topological polar surface area (TPSA) is 21.3 Å². The van der Waals surface area contributed by atoms with E-state index in [1.807, 2.05) is 12.1 Å². The lowest BCUT2D eigenvalue weighted by molar-refractivity contribution is 0.0699. The van der Waals surface area contributed by atoms with Gasteiger partial charge in [-0.1, -0.05) is 23.7 Å². The Kier molecular flexibility index (Phi) is 4.08. The smallest absolute Gasteiger partial charge is 0.0640 e. The molecule has 1 N–H and O–H groups in total. The highest BCUT2D eigenvalue weighted by molar-refractivity contribution is 6.33. The van der Waals surface area contributed by atoms with E-state index in [0.29, 0.717) is 5.92 Å². The van der Waals surface area contributed by atoms with Gasteiger partial charge in [-0.2, -0.15) is 0 Å². The number of benzene rings is 1. The van der Waals surface area contributed by atoms with Gasteiger partial charge in [0.2, 0.25) is 0 Å². The van der Waals surface area contributed by atoms with Crippen molar-refractivity contribution < 1.29 is 4.74 Å². The number of ether oxygens (including phenoxy) is 1. The molecular formula is C13H18ClNO. The highest BCUT2D eigenvalue weighted by atomic mass is 35.5. The van der Waals surface area contributed by atoms with Gasteiger partial charge in [-0.05, 0) is 37.3 Å². The Morgan fingerprint density at radius 3 is 2.81 bits per heavy atom. The molecule has 1 fully saturated rings. The summed E-state index contributed by atoms with van der Waals surface area (Å²) in [4.78, 5) is 0. The summed E-state index contributed by atoms with van der Waals surface area (Å²) in [6.07, 6.45) is 2.30. The second-order valence-corrected chi connectivity index (χ2v) is 4.78. The first-order valence-electron chi connectivity index (χ1n) is 5.84. The molecule has 0 amide bonds. The van der Waals surface area contributed by atoms with Crippen molar-refractivity contribution in [1.29, 1.82) is 0 Å². The SMILES string of the molecule is Cc1cccc(Cl)c1NCC1CCOCC1. The molecule has 0 unspecified atom stereocenters. The van der Waals surface area contributed by atoms with Crippen molar-refractivity contribution in [2.75, 3.05) is 25.1 Å². The van der Waals surface area contributed by atoms with E-state index in [1.165, 1.54) is 5.56 Å². The zero-order valence-corrected chi connectivity index (χ0v) is 10.4. The minimum Gasteiger partial charge on any atom is -0.383 e. The molecule has 16 heavy (non-hydrogen) atoms. The predicted molar refractivity (Wildman–Crippen MR) is 68.2 cm³/mol. The minimum absolute atomic E-state index is 0.712. The van der Waals surface area contributed by atoms with E-state index in [9.17, 15) is 0 Å². The van der Waals surface area contributed by atoms with Gasteiger partial charge in [-0.15, -0.1) is 0 Å². The first-order chi connectivity index (χ1) is 7.77. The number of aryl methyl sites for hydroxylation is 1. The fourth-order valence-corrected chi connectivity index (χ4v) is 2.34. The lowest BCUT2D eigenvalue weighted by Gasteiger charge is -2.23. The maximum absolute atomic E-state index is 6.16. The van der Waals surface area contributed by atoms with Gasteiger partial charge in [-0.3, -0.25) is 0 Å². The minimum atomic E-state index is 0.712. The Bertz CT molecular complexity index is 328. The van der Waals surface area contributed by atoms with Crippen LogP contribution in [0.15, 0.2) is 18.2 Å². The molecular weight excluding hydrogens is 222 g/mol. The number of anilines is 1.